The molecule has 43 heavy (non-hydrogen) atoms. The van der Waals surface area contributed by atoms with E-state index < -0.39 is 28.7 Å². The average molecular weight is 577 g/mol. The minimum absolute atomic E-state index is 0.0887. The monoisotopic (exact) mass is 576 g/mol. The Morgan fingerprint density at radius 1 is 1.00 bits per heavy atom. The quantitative estimate of drug-likeness (QED) is 0.158. The van der Waals surface area contributed by atoms with Gasteiger partial charge in [0.25, 0.3) is 11.2 Å². The highest BCUT2D eigenvalue weighted by Gasteiger charge is 2.34. The van der Waals surface area contributed by atoms with Crippen LogP contribution in [0.4, 0.5) is 10.5 Å². The minimum Gasteiger partial charge on any atom is -0.497 e. The fourth-order valence-corrected chi connectivity index (χ4v) is 5.67. The molecule has 4 aromatic carbocycles. The molecule has 6 rings (SSSR count). The Kier molecular flexibility index (Phi) is 7.11. The lowest BCUT2D eigenvalue weighted by molar-refractivity contribution is -0.384. The molecule has 1 aromatic heterocycles. The molecule has 1 atom stereocenters. The van der Waals surface area contributed by atoms with Crippen molar-refractivity contribution in [3.63, 3.8) is 0 Å². The van der Waals surface area contributed by atoms with Gasteiger partial charge in [-0.25, -0.2) is 9.78 Å². The molecule has 216 valence electrons. The first kappa shape index (κ1) is 27.6. The Morgan fingerprint density at radius 2 is 1.63 bits per heavy atom. The normalized spacial score (nSPS) is 12.8. The fraction of sp³-hybridized carbons (Fsp3) is 0.182. The standard InChI is InChI=1S/C33H28N4O6/c1-4-35(33(39)43-30-26-11-7-5-9-24(26)25-10-6-8-12-27(25)30)20(2)31-34-29-18-15-22(37(40)41)19-28(29)32(38)36(31)21-13-16-23(42-3)17-14-21/h5-20,30H,4H2,1-3H3. The molecule has 0 fully saturated rings. The molecule has 1 aliphatic rings. The molecule has 1 heterocycles. The fourth-order valence-electron chi connectivity index (χ4n) is 5.67. The van der Waals surface area contributed by atoms with Crippen LogP contribution in [0, 0.1) is 10.1 Å². The number of carbonyl (C=O) groups is 1. The molecular formula is C33H28N4O6. The van der Waals surface area contributed by atoms with Gasteiger partial charge in [0, 0.05) is 29.8 Å². The van der Waals surface area contributed by atoms with Gasteiger partial charge in [-0.1, -0.05) is 48.5 Å². The molecule has 0 N–H and O–H groups in total. The number of rotatable bonds is 7. The summed E-state index contributed by atoms with van der Waals surface area (Å²) in [6, 6.07) is 25.8. The van der Waals surface area contributed by atoms with Crippen molar-refractivity contribution >= 4 is 22.7 Å². The number of ether oxygens (including phenoxy) is 2. The van der Waals surface area contributed by atoms with E-state index >= 15 is 0 Å². The highest BCUT2D eigenvalue weighted by Crippen LogP contribution is 2.45. The number of benzene rings is 4. The first-order valence-corrected chi connectivity index (χ1v) is 13.8. The number of nitro benzene ring substituents is 1. The second kappa shape index (κ2) is 11.1. The van der Waals surface area contributed by atoms with E-state index in [1.165, 1.54) is 34.8 Å². The number of methoxy groups -OCH3 is 1. The summed E-state index contributed by atoms with van der Waals surface area (Å²) in [4.78, 5) is 45.0. The lowest BCUT2D eigenvalue weighted by atomic mass is 10.1. The number of carbonyl (C=O) groups excluding carboxylic acids is 1. The summed E-state index contributed by atoms with van der Waals surface area (Å²) in [6.07, 6.45) is -1.15. The number of hydrogen-bond acceptors (Lipinski definition) is 7. The Hall–Kier alpha value is -5.51. The van der Waals surface area contributed by atoms with Crippen LogP contribution in [0.5, 0.6) is 5.75 Å². The Bertz CT molecular complexity index is 1890. The summed E-state index contributed by atoms with van der Waals surface area (Å²) in [5, 5.41) is 11.5. The van der Waals surface area contributed by atoms with Crippen molar-refractivity contribution in [2.45, 2.75) is 26.0 Å². The van der Waals surface area contributed by atoms with Crippen LogP contribution in [0.25, 0.3) is 27.7 Å². The predicted molar refractivity (Wildman–Crippen MR) is 162 cm³/mol. The van der Waals surface area contributed by atoms with Crippen LogP contribution in [0.1, 0.15) is 42.9 Å². The number of fused-ring (bicyclic) bond motifs is 4. The summed E-state index contributed by atoms with van der Waals surface area (Å²) in [5.41, 5.74) is 3.88. The summed E-state index contributed by atoms with van der Waals surface area (Å²) in [5.74, 6) is 0.870. The van der Waals surface area contributed by atoms with Gasteiger partial charge >= 0.3 is 6.09 Å². The van der Waals surface area contributed by atoms with Crippen molar-refractivity contribution in [2.24, 2.45) is 0 Å². The van der Waals surface area contributed by atoms with Gasteiger partial charge in [-0.3, -0.25) is 24.4 Å². The second-order valence-corrected chi connectivity index (χ2v) is 10.2. The van der Waals surface area contributed by atoms with Gasteiger partial charge in [0.15, 0.2) is 6.10 Å². The Balaban J connectivity index is 1.43. The summed E-state index contributed by atoms with van der Waals surface area (Å²) < 4.78 is 12.8. The third kappa shape index (κ3) is 4.76. The molecular weight excluding hydrogens is 548 g/mol. The van der Waals surface area contributed by atoms with Crippen molar-refractivity contribution in [1.29, 1.82) is 0 Å². The van der Waals surface area contributed by atoms with Crippen molar-refractivity contribution < 1.29 is 19.2 Å². The van der Waals surface area contributed by atoms with E-state index in [9.17, 15) is 19.7 Å². The largest absolute Gasteiger partial charge is 0.497 e. The number of hydrogen-bond donors (Lipinski definition) is 0. The Morgan fingerprint density at radius 3 is 2.21 bits per heavy atom. The molecule has 0 bridgehead atoms. The van der Waals surface area contributed by atoms with Crippen molar-refractivity contribution in [2.75, 3.05) is 13.7 Å². The topological polar surface area (TPSA) is 117 Å². The summed E-state index contributed by atoms with van der Waals surface area (Å²) in [7, 11) is 1.54. The van der Waals surface area contributed by atoms with Crippen molar-refractivity contribution in [3.8, 4) is 22.6 Å². The van der Waals surface area contributed by atoms with E-state index in [0.29, 0.717) is 11.4 Å². The highest BCUT2D eigenvalue weighted by atomic mass is 16.6. The zero-order valence-corrected chi connectivity index (χ0v) is 23.8. The molecule has 0 radical (unpaired) electrons. The van der Waals surface area contributed by atoms with Crippen LogP contribution in [-0.4, -0.2) is 39.1 Å². The highest BCUT2D eigenvalue weighted by molar-refractivity contribution is 5.81. The molecule has 10 heteroatoms. The van der Waals surface area contributed by atoms with E-state index in [1.54, 1.807) is 31.2 Å². The van der Waals surface area contributed by atoms with Crippen LogP contribution < -0.4 is 10.3 Å². The van der Waals surface area contributed by atoms with E-state index in [-0.39, 0.29) is 29.0 Å². The third-order valence-corrected chi connectivity index (χ3v) is 7.83. The lowest BCUT2D eigenvalue weighted by Crippen LogP contribution is -2.38. The number of non-ortho nitro benzene ring substituents is 1. The van der Waals surface area contributed by atoms with E-state index in [1.807, 2.05) is 55.5 Å². The average Bonchev–Trinajstić information content (AvgIpc) is 3.34. The Labute approximate surface area is 246 Å². The maximum absolute atomic E-state index is 14.0. The van der Waals surface area contributed by atoms with Crippen LogP contribution >= 0.6 is 0 Å². The SMILES string of the molecule is CCN(C(=O)OC1c2ccccc2-c2ccccc21)C(C)c1nc2ccc([N+](=O)[O-])cc2c(=O)n1-c1ccc(OC)cc1. The number of amides is 1. The summed E-state index contributed by atoms with van der Waals surface area (Å²) in [6.45, 7) is 3.88. The van der Waals surface area contributed by atoms with Gasteiger partial charge in [0.1, 0.15) is 11.6 Å². The predicted octanol–water partition coefficient (Wildman–Crippen LogP) is 6.59. The van der Waals surface area contributed by atoms with Gasteiger partial charge in [0.2, 0.25) is 0 Å². The van der Waals surface area contributed by atoms with Gasteiger partial charge in [0.05, 0.1) is 34.7 Å². The molecule has 0 saturated carbocycles. The lowest BCUT2D eigenvalue weighted by Gasteiger charge is -2.30. The smallest absolute Gasteiger partial charge is 0.411 e. The van der Waals surface area contributed by atoms with Crippen LogP contribution in [0.2, 0.25) is 0 Å². The first-order chi connectivity index (χ1) is 20.8. The maximum atomic E-state index is 14.0. The zero-order valence-electron chi connectivity index (χ0n) is 23.8. The van der Waals surface area contributed by atoms with Crippen molar-refractivity contribution in [1.82, 2.24) is 14.5 Å². The molecule has 1 aliphatic carbocycles. The molecule has 0 saturated heterocycles. The van der Waals surface area contributed by atoms with E-state index in [0.717, 1.165) is 22.3 Å². The van der Waals surface area contributed by atoms with Crippen LogP contribution in [0.15, 0.2) is 95.8 Å². The number of nitrogens with zero attached hydrogens (tertiary/aromatic N) is 4. The molecule has 10 nitrogen and oxygen atoms in total. The first-order valence-electron chi connectivity index (χ1n) is 13.8. The van der Waals surface area contributed by atoms with Crippen LogP contribution in [-0.2, 0) is 4.74 Å². The van der Waals surface area contributed by atoms with Crippen molar-refractivity contribution in [3.05, 3.63) is 128 Å². The second-order valence-electron chi connectivity index (χ2n) is 10.2. The van der Waals surface area contributed by atoms with Gasteiger partial charge < -0.3 is 9.47 Å². The molecule has 5 aromatic rings. The van der Waals surface area contributed by atoms with E-state index in [4.69, 9.17) is 14.5 Å². The zero-order chi connectivity index (χ0) is 30.2. The number of aromatic nitrogens is 2. The summed E-state index contributed by atoms with van der Waals surface area (Å²) >= 11 is 0. The molecule has 1 unspecified atom stereocenters. The van der Waals surface area contributed by atoms with Crippen LogP contribution in [0.3, 0.4) is 0 Å². The minimum atomic E-state index is -0.709. The molecule has 1 amide bonds. The van der Waals surface area contributed by atoms with Gasteiger partial charge in [-0.05, 0) is 55.3 Å². The van der Waals surface area contributed by atoms with E-state index in [2.05, 4.69) is 0 Å². The van der Waals surface area contributed by atoms with Gasteiger partial charge in [-0.15, -0.1) is 0 Å². The third-order valence-electron chi connectivity index (χ3n) is 7.83. The molecule has 0 spiro atoms. The maximum Gasteiger partial charge on any atom is 0.411 e. The molecule has 0 aliphatic heterocycles. The van der Waals surface area contributed by atoms with Gasteiger partial charge in [-0.2, -0.15) is 0 Å². The number of nitro groups is 1.